The number of rotatable bonds is 1. The second-order valence-corrected chi connectivity index (χ2v) is 3.84. The first-order chi connectivity index (χ1) is 8.59. The third-order valence-corrected chi connectivity index (χ3v) is 2.80. The van der Waals surface area contributed by atoms with Crippen molar-refractivity contribution in [2.45, 2.75) is 0 Å². The molecule has 0 atom stereocenters. The molecular formula is C12H7NO5. The first-order valence-corrected chi connectivity index (χ1v) is 5.16. The molecule has 0 saturated heterocycles. The van der Waals surface area contributed by atoms with Crippen molar-refractivity contribution in [3.05, 3.63) is 34.4 Å². The number of amides is 1. The molecule has 1 amide bonds. The van der Waals surface area contributed by atoms with E-state index in [1.807, 2.05) is 0 Å². The quantitative estimate of drug-likeness (QED) is 0.574. The van der Waals surface area contributed by atoms with Crippen LogP contribution in [-0.2, 0) is 4.74 Å². The second-order valence-electron chi connectivity index (χ2n) is 3.84. The molecule has 2 heterocycles. The minimum absolute atomic E-state index is 0.0442. The lowest BCUT2D eigenvalue weighted by Gasteiger charge is -2.16. The zero-order valence-electron chi connectivity index (χ0n) is 9.06. The molecule has 0 aliphatic carbocycles. The normalized spacial score (nSPS) is 15.8. The lowest BCUT2D eigenvalue weighted by Crippen LogP contribution is -2.17. The highest BCUT2D eigenvalue weighted by Gasteiger charge is 2.36. The topological polar surface area (TPSA) is 95.7 Å². The van der Waals surface area contributed by atoms with Gasteiger partial charge in [0.05, 0.1) is 16.7 Å². The van der Waals surface area contributed by atoms with E-state index < -0.39 is 17.8 Å². The Bertz CT molecular complexity index is 644. The number of cyclic esters (lactones) is 2. The SMILES string of the molecule is NC(=O)c1cc2c(c3c1OCC=C3)C(=O)OC2=O. The summed E-state index contributed by atoms with van der Waals surface area (Å²) in [4.78, 5) is 34.4. The van der Waals surface area contributed by atoms with Gasteiger partial charge in [-0.05, 0) is 12.1 Å². The van der Waals surface area contributed by atoms with Gasteiger partial charge >= 0.3 is 11.9 Å². The van der Waals surface area contributed by atoms with Crippen LogP contribution in [0.5, 0.6) is 5.75 Å². The number of carbonyl (C=O) groups excluding carboxylic acids is 3. The number of hydrogen-bond acceptors (Lipinski definition) is 5. The van der Waals surface area contributed by atoms with Gasteiger partial charge in [-0.3, -0.25) is 4.79 Å². The summed E-state index contributed by atoms with van der Waals surface area (Å²) in [5, 5.41) is 0. The summed E-state index contributed by atoms with van der Waals surface area (Å²) in [7, 11) is 0. The van der Waals surface area contributed by atoms with Gasteiger partial charge in [0, 0.05) is 5.56 Å². The lowest BCUT2D eigenvalue weighted by atomic mass is 9.96. The van der Waals surface area contributed by atoms with E-state index >= 15 is 0 Å². The molecule has 0 spiro atoms. The molecule has 0 saturated carbocycles. The monoisotopic (exact) mass is 245 g/mol. The minimum Gasteiger partial charge on any atom is -0.488 e. The summed E-state index contributed by atoms with van der Waals surface area (Å²) < 4.78 is 9.83. The van der Waals surface area contributed by atoms with E-state index in [4.69, 9.17) is 10.5 Å². The Morgan fingerprint density at radius 1 is 1.28 bits per heavy atom. The number of benzene rings is 1. The molecular weight excluding hydrogens is 238 g/mol. The predicted molar refractivity (Wildman–Crippen MR) is 59.2 cm³/mol. The molecule has 0 bridgehead atoms. The molecule has 2 N–H and O–H groups in total. The van der Waals surface area contributed by atoms with Crippen molar-refractivity contribution < 1.29 is 23.9 Å². The van der Waals surface area contributed by atoms with E-state index in [9.17, 15) is 14.4 Å². The molecule has 6 heteroatoms. The molecule has 0 aromatic heterocycles. The van der Waals surface area contributed by atoms with Gasteiger partial charge in [0.2, 0.25) is 0 Å². The van der Waals surface area contributed by atoms with Crippen LogP contribution in [0.25, 0.3) is 6.08 Å². The fourth-order valence-electron chi connectivity index (χ4n) is 2.05. The number of ether oxygens (including phenoxy) is 2. The molecule has 1 aromatic rings. The third-order valence-electron chi connectivity index (χ3n) is 2.80. The van der Waals surface area contributed by atoms with Gasteiger partial charge in [0.25, 0.3) is 5.91 Å². The van der Waals surface area contributed by atoms with Gasteiger partial charge in [0.15, 0.2) is 0 Å². The van der Waals surface area contributed by atoms with Crippen LogP contribution in [0.3, 0.4) is 0 Å². The maximum Gasteiger partial charge on any atom is 0.347 e. The Kier molecular flexibility index (Phi) is 2.00. The van der Waals surface area contributed by atoms with E-state index in [0.29, 0.717) is 5.56 Å². The Hall–Kier alpha value is -2.63. The fourth-order valence-corrected chi connectivity index (χ4v) is 2.05. The van der Waals surface area contributed by atoms with Gasteiger partial charge in [-0.15, -0.1) is 0 Å². The van der Waals surface area contributed by atoms with Crippen molar-refractivity contribution in [1.29, 1.82) is 0 Å². The molecule has 1 aromatic carbocycles. The minimum atomic E-state index is -0.778. The van der Waals surface area contributed by atoms with Crippen molar-refractivity contribution in [2.75, 3.05) is 6.61 Å². The molecule has 3 rings (SSSR count). The molecule has 6 nitrogen and oxygen atoms in total. The summed E-state index contributed by atoms with van der Waals surface area (Å²) in [6.45, 7) is 0.273. The number of fused-ring (bicyclic) bond motifs is 3. The van der Waals surface area contributed by atoms with E-state index in [1.54, 1.807) is 12.2 Å². The zero-order chi connectivity index (χ0) is 12.9. The van der Waals surface area contributed by atoms with Crippen LogP contribution in [0, 0.1) is 0 Å². The number of carbonyl (C=O) groups is 3. The standard InChI is InChI=1S/C12H7NO5/c13-10(14)7-4-6-8(12(16)18-11(6)15)5-2-1-3-17-9(5)7/h1-2,4H,3H2,(H2,13,14). The molecule has 0 unspecified atom stereocenters. The highest BCUT2D eigenvalue weighted by atomic mass is 16.6. The van der Waals surface area contributed by atoms with E-state index in [0.717, 1.165) is 0 Å². The van der Waals surface area contributed by atoms with Gasteiger partial charge in [-0.2, -0.15) is 0 Å². The van der Waals surface area contributed by atoms with Gasteiger partial charge in [-0.1, -0.05) is 6.08 Å². The average molecular weight is 245 g/mol. The number of primary amides is 1. The smallest absolute Gasteiger partial charge is 0.347 e. The Balaban J connectivity index is 2.39. The maximum atomic E-state index is 11.6. The van der Waals surface area contributed by atoms with Gasteiger partial charge < -0.3 is 15.2 Å². The van der Waals surface area contributed by atoms with Crippen LogP contribution < -0.4 is 10.5 Å². The zero-order valence-corrected chi connectivity index (χ0v) is 9.06. The average Bonchev–Trinajstić information content (AvgIpc) is 2.64. The maximum absolute atomic E-state index is 11.6. The predicted octanol–water partition coefficient (Wildman–Crippen LogP) is 0.502. The first kappa shape index (κ1) is 10.5. The molecule has 18 heavy (non-hydrogen) atoms. The van der Waals surface area contributed by atoms with E-state index in [-0.39, 0.29) is 29.0 Å². The molecule has 90 valence electrons. The van der Waals surface area contributed by atoms with Crippen LogP contribution in [-0.4, -0.2) is 24.5 Å². The number of nitrogens with two attached hydrogens (primary N) is 1. The van der Waals surface area contributed by atoms with Crippen molar-refractivity contribution in [3.8, 4) is 5.75 Å². The number of esters is 2. The van der Waals surface area contributed by atoms with Crippen LogP contribution in [0.1, 0.15) is 36.6 Å². The molecule has 0 radical (unpaired) electrons. The summed E-state index contributed by atoms with van der Waals surface area (Å²) in [6.07, 6.45) is 3.29. The summed E-state index contributed by atoms with van der Waals surface area (Å²) in [6, 6.07) is 1.24. The summed E-state index contributed by atoms with van der Waals surface area (Å²) >= 11 is 0. The van der Waals surface area contributed by atoms with Crippen molar-refractivity contribution in [3.63, 3.8) is 0 Å². The molecule has 0 fully saturated rings. The highest BCUT2D eigenvalue weighted by Crippen LogP contribution is 2.36. The fraction of sp³-hybridized carbons (Fsp3) is 0.0833. The van der Waals surface area contributed by atoms with Gasteiger partial charge in [0.1, 0.15) is 12.4 Å². The Morgan fingerprint density at radius 2 is 2.06 bits per heavy atom. The van der Waals surface area contributed by atoms with E-state index in [2.05, 4.69) is 4.74 Å². The van der Waals surface area contributed by atoms with Crippen molar-refractivity contribution >= 4 is 23.9 Å². The summed E-state index contributed by atoms with van der Waals surface area (Å²) in [5.74, 6) is -2.02. The van der Waals surface area contributed by atoms with Crippen molar-refractivity contribution in [2.24, 2.45) is 5.73 Å². The lowest BCUT2D eigenvalue weighted by molar-refractivity contribution is 0.0443. The van der Waals surface area contributed by atoms with Crippen LogP contribution in [0.15, 0.2) is 12.1 Å². The third kappa shape index (κ3) is 1.26. The second kappa shape index (κ2) is 3.43. The number of hydrogen-bond donors (Lipinski definition) is 1. The largest absolute Gasteiger partial charge is 0.488 e. The molecule has 2 aliphatic rings. The van der Waals surface area contributed by atoms with Crippen LogP contribution >= 0.6 is 0 Å². The first-order valence-electron chi connectivity index (χ1n) is 5.16. The van der Waals surface area contributed by atoms with Gasteiger partial charge in [-0.25, -0.2) is 9.59 Å². The Labute approximate surface area is 101 Å². The molecule has 2 aliphatic heterocycles. The van der Waals surface area contributed by atoms with Crippen molar-refractivity contribution in [1.82, 2.24) is 0 Å². The van der Waals surface area contributed by atoms with Crippen LogP contribution in [0.4, 0.5) is 0 Å². The van der Waals surface area contributed by atoms with Crippen LogP contribution in [0.2, 0.25) is 0 Å². The van der Waals surface area contributed by atoms with E-state index in [1.165, 1.54) is 6.07 Å². The summed E-state index contributed by atoms with van der Waals surface area (Å²) in [5.41, 5.74) is 5.83. The highest BCUT2D eigenvalue weighted by molar-refractivity contribution is 6.18. The Morgan fingerprint density at radius 3 is 2.78 bits per heavy atom.